The standard InChI is InChI=1S/C26H28F3N5OS/c1-15-3-12-21-22(13-15)36-25(33-21)34-24(30)14-23(26(28,29)17-4-6-18(27)7-5-17)32-16(2)31-19-8-10-20(35)11-9-19/h3-7,12-14,19-20,31-32,35H,2,8-11H2,1H3,(H2,30,33,34). The quantitative estimate of drug-likeness (QED) is 0.239. The first-order valence-electron chi connectivity index (χ1n) is 11.6. The van der Waals surface area contributed by atoms with Gasteiger partial charge in [0.2, 0.25) is 5.13 Å². The summed E-state index contributed by atoms with van der Waals surface area (Å²) in [7, 11) is 0. The van der Waals surface area contributed by atoms with Gasteiger partial charge in [-0.3, -0.25) is 0 Å². The molecule has 0 bridgehead atoms. The van der Waals surface area contributed by atoms with E-state index in [1.807, 2.05) is 25.1 Å². The Kier molecular flexibility index (Phi) is 7.65. The van der Waals surface area contributed by atoms with Gasteiger partial charge in [-0.15, -0.1) is 0 Å². The zero-order valence-electron chi connectivity index (χ0n) is 19.8. The summed E-state index contributed by atoms with van der Waals surface area (Å²) in [5, 5.41) is 15.8. The molecule has 1 aromatic heterocycles. The number of alkyl halides is 2. The molecule has 1 aliphatic carbocycles. The second-order valence-corrected chi connectivity index (χ2v) is 9.91. The normalized spacial score (nSPS) is 19.4. The first kappa shape index (κ1) is 25.7. The number of halogens is 3. The maximum absolute atomic E-state index is 15.6. The second kappa shape index (κ2) is 10.7. The lowest BCUT2D eigenvalue weighted by atomic mass is 9.93. The van der Waals surface area contributed by atoms with Crippen LogP contribution in [0.1, 0.15) is 36.8 Å². The monoisotopic (exact) mass is 515 g/mol. The van der Waals surface area contributed by atoms with Gasteiger partial charge < -0.3 is 21.5 Å². The number of aliphatic imine (C=N–C) groups is 1. The lowest BCUT2D eigenvalue weighted by molar-refractivity contribution is 0.0314. The molecule has 10 heteroatoms. The Balaban J connectivity index is 1.61. The van der Waals surface area contributed by atoms with E-state index in [0.29, 0.717) is 30.8 Å². The number of amidine groups is 1. The van der Waals surface area contributed by atoms with Gasteiger partial charge in [-0.25, -0.2) is 14.4 Å². The van der Waals surface area contributed by atoms with Gasteiger partial charge in [0.1, 0.15) is 11.7 Å². The Morgan fingerprint density at radius 2 is 1.89 bits per heavy atom. The van der Waals surface area contributed by atoms with Crippen LogP contribution in [0.4, 0.5) is 18.3 Å². The molecule has 5 N–H and O–H groups in total. The Morgan fingerprint density at radius 1 is 1.19 bits per heavy atom. The number of benzene rings is 2. The second-order valence-electron chi connectivity index (χ2n) is 8.90. The summed E-state index contributed by atoms with van der Waals surface area (Å²) in [6, 6.07) is 9.74. The highest BCUT2D eigenvalue weighted by molar-refractivity contribution is 7.22. The Labute approximate surface area is 211 Å². The molecule has 0 saturated heterocycles. The predicted molar refractivity (Wildman–Crippen MR) is 138 cm³/mol. The fraction of sp³-hybridized carbons (Fsp3) is 0.308. The molecular weight excluding hydrogens is 487 g/mol. The lowest BCUT2D eigenvalue weighted by Crippen LogP contribution is -2.40. The van der Waals surface area contributed by atoms with Gasteiger partial charge in [0.05, 0.1) is 27.8 Å². The van der Waals surface area contributed by atoms with Crippen molar-refractivity contribution in [2.75, 3.05) is 0 Å². The van der Waals surface area contributed by atoms with Crippen molar-refractivity contribution in [1.82, 2.24) is 15.6 Å². The number of nitrogens with one attached hydrogen (secondary N) is 2. The highest BCUT2D eigenvalue weighted by Gasteiger charge is 2.37. The van der Waals surface area contributed by atoms with Crippen molar-refractivity contribution < 1.29 is 18.3 Å². The molecule has 2 aromatic carbocycles. The minimum Gasteiger partial charge on any atom is -0.393 e. The van der Waals surface area contributed by atoms with Crippen LogP contribution in [0.15, 0.2) is 71.6 Å². The average Bonchev–Trinajstić information content (AvgIpc) is 3.21. The Bertz CT molecular complexity index is 1290. The number of aliphatic hydroxyl groups is 1. The van der Waals surface area contributed by atoms with E-state index >= 15 is 8.78 Å². The van der Waals surface area contributed by atoms with Crippen LogP contribution < -0.4 is 16.4 Å². The third kappa shape index (κ3) is 6.24. The van der Waals surface area contributed by atoms with E-state index in [0.717, 1.165) is 46.1 Å². The van der Waals surface area contributed by atoms with Crippen molar-refractivity contribution in [3.8, 4) is 0 Å². The number of thiazole rings is 1. The van der Waals surface area contributed by atoms with Crippen LogP contribution >= 0.6 is 11.3 Å². The highest BCUT2D eigenvalue weighted by atomic mass is 32.1. The maximum Gasteiger partial charge on any atom is 0.312 e. The zero-order chi connectivity index (χ0) is 25.9. The van der Waals surface area contributed by atoms with E-state index in [1.165, 1.54) is 11.3 Å². The van der Waals surface area contributed by atoms with Gasteiger partial charge in [0.15, 0.2) is 0 Å². The first-order chi connectivity index (χ1) is 17.1. The summed E-state index contributed by atoms with van der Waals surface area (Å²) in [5.41, 5.74) is 6.89. The third-order valence-corrected chi connectivity index (χ3v) is 6.87. The van der Waals surface area contributed by atoms with Gasteiger partial charge >= 0.3 is 5.92 Å². The van der Waals surface area contributed by atoms with Crippen molar-refractivity contribution in [3.05, 3.63) is 83.6 Å². The van der Waals surface area contributed by atoms with Crippen LogP contribution in [0.3, 0.4) is 0 Å². The zero-order valence-corrected chi connectivity index (χ0v) is 20.6. The number of nitrogens with two attached hydrogens (primary N) is 1. The number of hydrogen-bond acceptors (Lipinski definition) is 6. The summed E-state index contributed by atoms with van der Waals surface area (Å²) in [6.07, 6.45) is 3.33. The minimum absolute atomic E-state index is 0.00804. The summed E-state index contributed by atoms with van der Waals surface area (Å²) in [5.74, 6) is -4.19. The molecule has 190 valence electrons. The van der Waals surface area contributed by atoms with Crippen LogP contribution in [0.2, 0.25) is 0 Å². The number of aliphatic hydroxyl groups excluding tert-OH is 1. The predicted octanol–water partition coefficient (Wildman–Crippen LogP) is 5.36. The molecule has 1 aliphatic rings. The van der Waals surface area contributed by atoms with Crippen molar-refractivity contribution in [2.24, 2.45) is 10.7 Å². The molecule has 1 heterocycles. The molecule has 0 unspecified atom stereocenters. The molecule has 0 atom stereocenters. The first-order valence-corrected chi connectivity index (χ1v) is 12.4. The minimum atomic E-state index is -3.55. The lowest BCUT2D eigenvalue weighted by Gasteiger charge is -2.29. The van der Waals surface area contributed by atoms with Gasteiger partial charge in [-0.2, -0.15) is 8.78 Å². The van der Waals surface area contributed by atoms with E-state index in [2.05, 4.69) is 27.2 Å². The molecule has 36 heavy (non-hydrogen) atoms. The van der Waals surface area contributed by atoms with Gasteiger partial charge in [-0.1, -0.05) is 24.0 Å². The molecule has 3 aromatic rings. The summed E-state index contributed by atoms with van der Waals surface area (Å²) in [6.45, 7) is 5.81. The fourth-order valence-corrected chi connectivity index (χ4v) is 5.00. The molecule has 0 aliphatic heterocycles. The topological polar surface area (TPSA) is 95.6 Å². The van der Waals surface area contributed by atoms with Crippen molar-refractivity contribution >= 4 is 32.5 Å². The van der Waals surface area contributed by atoms with E-state index in [-0.39, 0.29) is 23.8 Å². The molecule has 0 amide bonds. The smallest absolute Gasteiger partial charge is 0.312 e. The number of rotatable bonds is 8. The number of aromatic nitrogens is 1. The number of hydrogen-bond donors (Lipinski definition) is 4. The van der Waals surface area contributed by atoms with E-state index in [9.17, 15) is 9.50 Å². The molecule has 6 nitrogen and oxygen atoms in total. The van der Waals surface area contributed by atoms with Gasteiger partial charge in [0.25, 0.3) is 0 Å². The van der Waals surface area contributed by atoms with Crippen molar-refractivity contribution in [1.29, 1.82) is 0 Å². The summed E-state index contributed by atoms with van der Waals surface area (Å²) < 4.78 is 45.4. The van der Waals surface area contributed by atoms with Crippen LogP contribution in [0, 0.1) is 12.7 Å². The van der Waals surface area contributed by atoms with E-state index < -0.39 is 23.0 Å². The molecule has 0 radical (unpaired) electrons. The van der Waals surface area contributed by atoms with Crippen LogP contribution in [0.5, 0.6) is 0 Å². The molecule has 0 spiro atoms. The Hall–Kier alpha value is -3.37. The summed E-state index contributed by atoms with van der Waals surface area (Å²) in [4.78, 5) is 8.63. The molecule has 1 saturated carbocycles. The SMILES string of the molecule is C=C(NC(=CC(N)=Nc1nc2ccc(C)cc2s1)C(F)(F)c1ccc(F)cc1)NC1CCC(O)CC1. The van der Waals surface area contributed by atoms with Gasteiger partial charge in [-0.05, 0) is 74.6 Å². The maximum atomic E-state index is 15.6. The van der Waals surface area contributed by atoms with Crippen LogP contribution in [0.25, 0.3) is 10.2 Å². The average molecular weight is 516 g/mol. The number of allylic oxidation sites excluding steroid dienone is 1. The third-order valence-electron chi connectivity index (χ3n) is 5.96. The summed E-state index contributed by atoms with van der Waals surface area (Å²) >= 11 is 1.30. The van der Waals surface area contributed by atoms with Crippen LogP contribution in [-0.2, 0) is 5.92 Å². The molecule has 4 rings (SSSR count). The number of aryl methyl sites for hydroxylation is 1. The van der Waals surface area contributed by atoms with Crippen LogP contribution in [-0.4, -0.2) is 28.1 Å². The number of nitrogens with zero attached hydrogens (tertiary/aromatic N) is 2. The number of fused-ring (bicyclic) bond motifs is 1. The van der Waals surface area contributed by atoms with Gasteiger partial charge in [0, 0.05) is 17.7 Å². The molecular formula is C26H28F3N5OS. The van der Waals surface area contributed by atoms with Crippen molar-refractivity contribution in [2.45, 2.75) is 50.7 Å². The van der Waals surface area contributed by atoms with E-state index in [4.69, 9.17) is 5.73 Å². The Morgan fingerprint density at radius 3 is 2.58 bits per heavy atom. The van der Waals surface area contributed by atoms with Crippen molar-refractivity contribution in [3.63, 3.8) is 0 Å². The largest absolute Gasteiger partial charge is 0.393 e. The van der Waals surface area contributed by atoms with E-state index in [1.54, 1.807) is 0 Å². The fourth-order valence-electron chi connectivity index (χ4n) is 4.04. The molecule has 1 fully saturated rings. The highest BCUT2D eigenvalue weighted by Crippen LogP contribution is 2.35.